The van der Waals surface area contributed by atoms with E-state index in [1.54, 1.807) is 0 Å². The van der Waals surface area contributed by atoms with Crippen LogP contribution in [0.25, 0.3) is 0 Å². The number of aliphatic hydroxyl groups is 1. The minimum absolute atomic E-state index is 0. The molecule has 1 unspecified atom stereocenters. The molecular formula is C3H15N2O5Ti+3. The molecule has 68 valence electrons. The molecule has 8 heteroatoms. The summed E-state index contributed by atoms with van der Waals surface area (Å²) in [4.78, 5) is 9.34. The van der Waals surface area contributed by atoms with E-state index in [1.165, 1.54) is 0 Å². The first-order valence-electron chi connectivity index (χ1n) is 1.53. The average Bonchev–Trinajstić information content (AvgIpc) is 1.36. The third-order valence-corrected chi connectivity index (χ3v) is 0.341. The number of aliphatic carboxylic acids is 1. The van der Waals surface area contributed by atoms with Gasteiger partial charge in [-0.15, -0.1) is 0 Å². The van der Waals surface area contributed by atoms with Crippen LogP contribution in [0.2, 0.25) is 0 Å². The van der Waals surface area contributed by atoms with E-state index in [4.69, 9.17) is 5.11 Å². The Balaban J connectivity index is -0.0000000125. The Morgan fingerprint density at radius 1 is 1.36 bits per heavy atom. The Kier molecular flexibility index (Phi) is 90.2. The van der Waals surface area contributed by atoms with Gasteiger partial charge in [0.2, 0.25) is 0 Å². The summed E-state index contributed by atoms with van der Waals surface area (Å²) >= 11 is 0. The van der Waals surface area contributed by atoms with Crippen molar-refractivity contribution in [1.82, 2.24) is 12.3 Å². The van der Waals surface area contributed by atoms with Gasteiger partial charge in [0, 0.05) is 0 Å². The van der Waals surface area contributed by atoms with Gasteiger partial charge in [0.25, 0.3) is 0 Å². The Bertz CT molecular complexity index is 70.7. The number of carbonyl (C=O) groups excluding carboxylic acids is 1. The van der Waals surface area contributed by atoms with E-state index in [9.17, 15) is 9.90 Å². The molecule has 0 heterocycles. The maximum Gasteiger partial charge on any atom is 4.00 e. The van der Waals surface area contributed by atoms with Crippen molar-refractivity contribution < 1.29 is 47.7 Å². The molecule has 0 saturated heterocycles. The summed E-state index contributed by atoms with van der Waals surface area (Å²) in [5.74, 6) is -1.44. The van der Waals surface area contributed by atoms with Gasteiger partial charge in [-0.3, -0.25) is 0 Å². The Hall–Kier alpha value is -0.0157. The molecule has 0 aromatic carbocycles. The zero-order chi connectivity index (χ0) is 5.15. The largest absolute Gasteiger partial charge is 4.00 e. The second-order valence-electron chi connectivity index (χ2n) is 0.995. The van der Waals surface area contributed by atoms with Crippen molar-refractivity contribution in [1.29, 1.82) is 0 Å². The molecule has 7 nitrogen and oxygen atoms in total. The number of aliphatic hydroxyl groups excluding tert-OH is 1. The minimum Gasteiger partial charge on any atom is -0.870 e. The number of carboxylic acids is 1. The van der Waals surface area contributed by atoms with Gasteiger partial charge in [-0.1, -0.05) is 0 Å². The van der Waals surface area contributed by atoms with Crippen LogP contribution in [0.1, 0.15) is 6.92 Å². The number of hydrogen-bond donors (Lipinski definition) is 3. The minimum atomic E-state index is -1.44. The molecule has 11 N–H and O–H groups in total. The van der Waals surface area contributed by atoms with Crippen molar-refractivity contribution >= 4 is 5.97 Å². The number of rotatable bonds is 1. The van der Waals surface area contributed by atoms with Crippen LogP contribution in [0, 0.1) is 0 Å². The first kappa shape index (κ1) is 44.1. The van der Waals surface area contributed by atoms with Crippen LogP contribution in [0.4, 0.5) is 0 Å². The molecule has 1 atom stereocenters. The molecule has 0 spiro atoms. The molecule has 0 aromatic rings. The van der Waals surface area contributed by atoms with Crippen LogP contribution < -0.4 is 17.4 Å². The topological polar surface area (TPSA) is 193 Å². The van der Waals surface area contributed by atoms with E-state index in [1.807, 2.05) is 0 Å². The van der Waals surface area contributed by atoms with Gasteiger partial charge in [-0.2, -0.15) is 0 Å². The first-order valence-corrected chi connectivity index (χ1v) is 1.53. The second kappa shape index (κ2) is 22.5. The molecule has 0 aliphatic rings. The molecule has 0 amide bonds. The van der Waals surface area contributed by atoms with Gasteiger partial charge in [-0.25, -0.2) is 0 Å². The van der Waals surface area contributed by atoms with Gasteiger partial charge in [0.05, 0.1) is 12.1 Å². The van der Waals surface area contributed by atoms with Gasteiger partial charge >= 0.3 is 21.7 Å². The molecule has 0 aliphatic heterocycles. The standard InChI is InChI=1S/C3H6O3.2H3N.2H2O.Ti/c1-2(4)3(5)6;;;;;/h2,4H,1H3,(H,5,6);2*1H3;2*1H2;/q;;;;;+4/p-1. The van der Waals surface area contributed by atoms with E-state index < -0.39 is 12.1 Å². The normalized spacial score (nSPS) is 7.45. The van der Waals surface area contributed by atoms with Crippen molar-refractivity contribution in [2.24, 2.45) is 0 Å². The first-order chi connectivity index (χ1) is 2.64. The summed E-state index contributed by atoms with van der Waals surface area (Å²) in [5, 5.41) is 17.3. The fraction of sp³-hybridized carbons (Fsp3) is 0.667. The zero-order valence-corrected chi connectivity index (χ0v) is 8.30. The van der Waals surface area contributed by atoms with Crippen LogP contribution in [-0.2, 0) is 26.5 Å². The van der Waals surface area contributed by atoms with E-state index in [-0.39, 0.29) is 45.0 Å². The molecule has 0 fully saturated rings. The molecule has 0 aliphatic carbocycles. The van der Waals surface area contributed by atoms with Gasteiger partial charge in [-0.05, 0) is 6.92 Å². The number of quaternary nitrogens is 2. The third-order valence-electron chi connectivity index (χ3n) is 0.341. The van der Waals surface area contributed by atoms with Crippen LogP contribution in [0.15, 0.2) is 0 Å². The summed E-state index contributed by atoms with van der Waals surface area (Å²) in [7, 11) is 0. The predicted molar refractivity (Wildman–Crippen MR) is 32.5 cm³/mol. The molecule has 11 heavy (non-hydrogen) atoms. The van der Waals surface area contributed by atoms with E-state index in [0.717, 1.165) is 6.92 Å². The molecule has 0 bridgehead atoms. The van der Waals surface area contributed by atoms with Crippen LogP contribution in [0.3, 0.4) is 0 Å². The van der Waals surface area contributed by atoms with E-state index >= 15 is 0 Å². The Morgan fingerprint density at radius 3 is 1.45 bits per heavy atom. The van der Waals surface area contributed by atoms with Crippen molar-refractivity contribution in [3.63, 3.8) is 0 Å². The zero-order valence-electron chi connectivity index (χ0n) is 6.74. The Morgan fingerprint density at radius 2 is 1.45 bits per heavy atom. The van der Waals surface area contributed by atoms with Gasteiger partial charge in [0.1, 0.15) is 0 Å². The number of carboxylic acid groups (broad SMARTS) is 1. The molecule has 0 rings (SSSR count). The fourth-order valence-corrected chi connectivity index (χ4v) is 0. The van der Waals surface area contributed by atoms with Gasteiger partial charge < -0.3 is 38.3 Å². The number of carbonyl (C=O) groups is 1. The summed E-state index contributed by atoms with van der Waals surface area (Å²) < 4.78 is 0. The second-order valence-corrected chi connectivity index (χ2v) is 0.995. The summed E-state index contributed by atoms with van der Waals surface area (Å²) in [5.41, 5.74) is 0. The van der Waals surface area contributed by atoms with E-state index in [2.05, 4.69) is 0 Å². The third kappa shape index (κ3) is 40.1. The molecule has 0 saturated carbocycles. The maximum absolute atomic E-state index is 9.34. The van der Waals surface area contributed by atoms with Gasteiger partial charge in [0.15, 0.2) is 0 Å². The van der Waals surface area contributed by atoms with Crippen LogP contribution in [-0.4, -0.2) is 28.1 Å². The Labute approximate surface area is 79.5 Å². The van der Waals surface area contributed by atoms with Crippen molar-refractivity contribution in [3.05, 3.63) is 0 Å². The monoisotopic (exact) mass is 207 g/mol. The molecule has 0 radical (unpaired) electrons. The fourth-order valence-electron chi connectivity index (χ4n) is 0. The van der Waals surface area contributed by atoms with Crippen molar-refractivity contribution in [2.75, 3.05) is 0 Å². The summed E-state index contributed by atoms with van der Waals surface area (Å²) in [6.45, 7) is 1.13. The number of hydrogen-bond acceptors (Lipinski definition) is 5. The predicted octanol–water partition coefficient (Wildman–Crippen LogP) is -1.49. The van der Waals surface area contributed by atoms with Crippen molar-refractivity contribution in [2.45, 2.75) is 13.0 Å². The molecule has 0 aromatic heterocycles. The molecular weight excluding hydrogens is 192 g/mol. The smallest absolute Gasteiger partial charge is 0.870 e. The van der Waals surface area contributed by atoms with E-state index in [0.29, 0.717) is 0 Å². The maximum atomic E-state index is 9.34. The summed E-state index contributed by atoms with van der Waals surface area (Å²) in [6, 6.07) is 0. The quantitative estimate of drug-likeness (QED) is 0.439. The van der Waals surface area contributed by atoms with Crippen molar-refractivity contribution in [3.8, 4) is 0 Å². The average molecular weight is 207 g/mol. The van der Waals surface area contributed by atoms with Crippen LogP contribution in [0.5, 0.6) is 0 Å². The van der Waals surface area contributed by atoms with Crippen LogP contribution >= 0.6 is 0 Å². The summed E-state index contributed by atoms with van der Waals surface area (Å²) in [6.07, 6.45) is -1.34. The SMILES string of the molecule is CC(O)C(=O)[O-].[NH4+].[NH4+].[OH-].[OH-].[Ti+4].